The fraction of sp³-hybridized carbons (Fsp3) is 0.333. The monoisotopic (exact) mass is 437 g/mol. The zero-order valence-corrected chi connectivity index (χ0v) is 16.5. The molecule has 0 aliphatic carbocycles. The van der Waals surface area contributed by atoms with Gasteiger partial charge in [-0.1, -0.05) is 0 Å². The number of hydroxylamine groups is 1. The van der Waals surface area contributed by atoms with Crippen LogP contribution in [0.5, 0.6) is 0 Å². The van der Waals surface area contributed by atoms with Crippen molar-refractivity contribution in [1.29, 1.82) is 0 Å². The van der Waals surface area contributed by atoms with E-state index < -0.39 is 58.2 Å². The number of halogens is 5. The molecule has 0 aliphatic rings. The van der Waals surface area contributed by atoms with Gasteiger partial charge in [-0.15, -0.1) is 16.8 Å². The highest BCUT2D eigenvalue weighted by Crippen LogP contribution is 2.37. The molecule has 0 saturated heterocycles. The summed E-state index contributed by atoms with van der Waals surface area (Å²) in [5.41, 5.74) is -0.346. The van der Waals surface area contributed by atoms with Crippen molar-refractivity contribution in [3.8, 4) is 0 Å². The van der Waals surface area contributed by atoms with Crippen molar-refractivity contribution in [2.45, 2.75) is 39.2 Å². The van der Waals surface area contributed by atoms with Crippen LogP contribution >= 0.6 is 11.3 Å². The second kappa shape index (κ2) is 8.36. The van der Waals surface area contributed by atoms with E-state index in [0.29, 0.717) is 5.56 Å². The summed E-state index contributed by atoms with van der Waals surface area (Å²) in [6.07, 6.45) is -1.19. The number of hydrogen-bond acceptors (Lipinski definition) is 5. The predicted octanol–water partition coefficient (Wildman–Crippen LogP) is 4.87. The maximum atomic E-state index is 14.3. The van der Waals surface area contributed by atoms with Crippen LogP contribution in [0.1, 0.15) is 42.7 Å². The van der Waals surface area contributed by atoms with Gasteiger partial charge in [0.05, 0.1) is 0 Å². The Bertz CT molecular complexity index is 925. The number of hydrogen-bond donors (Lipinski definition) is 1. The maximum Gasteiger partial charge on any atom is 0.441 e. The van der Waals surface area contributed by atoms with Crippen molar-refractivity contribution in [3.05, 3.63) is 56.5 Å². The molecule has 0 radical (unpaired) electrons. The summed E-state index contributed by atoms with van der Waals surface area (Å²) in [7, 11) is 0. The molecule has 1 amide bonds. The van der Waals surface area contributed by atoms with Gasteiger partial charge in [-0.2, -0.15) is 0 Å². The molecular weight excluding hydrogens is 421 g/mol. The molecule has 29 heavy (non-hydrogen) atoms. The predicted molar refractivity (Wildman–Crippen MR) is 92.6 cm³/mol. The minimum Gasteiger partial charge on any atom is -0.442 e. The molecular formula is C18H16F5NO4S. The molecule has 0 spiro atoms. The topological polar surface area (TPSA) is 64.6 Å². The molecule has 1 aromatic carbocycles. The summed E-state index contributed by atoms with van der Waals surface area (Å²) in [4.78, 5) is 28.7. The molecule has 0 fully saturated rings. The van der Waals surface area contributed by atoms with Crippen molar-refractivity contribution in [2.75, 3.05) is 0 Å². The van der Waals surface area contributed by atoms with Gasteiger partial charge in [0.2, 0.25) is 5.82 Å². The van der Waals surface area contributed by atoms with Crippen LogP contribution in [-0.4, -0.2) is 17.7 Å². The van der Waals surface area contributed by atoms with E-state index in [1.165, 1.54) is 39.1 Å². The summed E-state index contributed by atoms with van der Waals surface area (Å²) in [6, 6.07) is 1.48. The van der Waals surface area contributed by atoms with Gasteiger partial charge in [0.1, 0.15) is 11.5 Å². The van der Waals surface area contributed by atoms with E-state index in [9.17, 15) is 31.5 Å². The number of carbonyl (C=O) groups excluding carboxylic acids is 2. The van der Waals surface area contributed by atoms with Crippen LogP contribution in [0.15, 0.2) is 11.4 Å². The molecule has 1 atom stereocenters. The lowest BCUT2D eigenvalue weighted by molar-refractivity contribution is -0.151. The average Bonchev–Trinajstić information content (AvgIpc) is 3.04. The molecule has 0 aliphatic heterocycles. The number of carbonyl (C=O) groups is 2. The van der Waals surface area contributed by atoms with E-state index in [-0.39, 0.29) is 4.88 Å². The third-order valence-electron chi connectivity index (χ3n) is 3.57. The van der Waals surface area contributed by atoms with Crippen molar-refractivity contribution < 1.29 is 41.1 Å². The number of aryl methyl sites for hydroxylation is 1. The Hall–Kier alpha value is -2.69. The molecule has 158 valence electrons. The summed E-state index contributed by atoms with van der Waals surface area (Å²) >= 11 is 0.842. The number of nitrogens with one attached hydrogen (secondary N) is 1. The summed E-state index contributed by atoms with van der Waals surface area (Å²) < 4.78 is 74.2. The molecule has 0 saturated carbocycles. The van der Waals surface area contributed by atoms with E-state index in [2.05, 4.69) is 4.84 Å². The van der Waals surface area contributed by atoms with E-state index in [1.807, 2.05) is 0 Å². The van der Waals surface area contributed by atoms with Crippen molar-refractivity contribution in [1.82, 2.24) is 5.48 Å². The third kappa shape index (κ3) is 4.84. The highest BCUT2D eigenvalue weighted by molar-refractivity contribution is 7.10. The lowest BCUT2D eigenvalue weighted by atomic mass is 9.94. The normalized spacial score (nSPS) is 12.4. The Morgan fingerprint density at radius 1 is 1.00 bits per heavy atom. The first kappa shape index (κ1) is 22.6. The van der Waals surface area contributed by atoms with E-state index in [1.54, 1.807) is 5.48 Å². The SMILES string of the molecule is Cc1ccsc1C(C(=O)ONC(=O)OC(C)(C)C)c1c(F)c(F)c(F)c(F)c1F. The van der Waals surface area contributed by atoms with Gasteiger partial charge in [-0.25, -0.2) is 31.5 Å². The molecule has 11 heteroatoms. The molecule has 1 N–H and O–H groups in total. The lowest BCUT2D eigenvalue weighted by Crippen LogP contribution is -2.35. The Balaban J connectivity index is 2.47. The van der Waals surface area contributed by atoms with Crippen LogP contribution < -0.4 is 5.48 Å². The second-order valence-electron chi connectivity index (χ2n) is 6.91. The Kier molecular flexibility index (Phi) is 6.51. The molecule has 2 aromatic rings. The van der Waals surface area contributed by atoms with Crippen LogP contribution in [0.3, 0.4) is 0 Å². The van der Waals surface area contributed by atoms with Crippen LogP contribution in [0.2, 0.25) is 0 Å². The number of ether oxygens (including phenoxy) is 1. The van der Waals surface area contributed by atoms with Crippen molar-refractivity contribution in [3.63, 3.8) is 0 Å². The van der Waals surface area contributed by atoms with Crippen LogP contribution in [-0.2, 0) is 14.4 Å². The summed E-state index contributed by atoms with van der Waals surface area (Å²) in [5.74, 6) is -14.6. The smallest absolute Gasteiger partial charge is 0.441 e. The van der Waals surface area contributed by atoms with Gasteiger partial charge in [-0.3, -0.25) is 0 Å². The zero-order chi connectivity index (χ0) is 22.1. The number of benzene rings is 1. The van der Waals surface area contributed by atoms with Crippen LogP contribution in [0.4, 0.5) is 26.7 Å². The quantitative estimate of drug-likeness (QED) is 0.322. The zero-order valence-electron chi connectivity index (χ0n) is 15.7. The standard InChI is InChI=1S/C18H16F5NO4S/c1-7-5-6-29-15(7)9(16(25)28-24-17(26)27-18(2,3)4)8-10(19)12(21)14(23)13(22)11(8)20/h5-6,9H,1-4H3,(H,24,26). The summed E-state index contributed by atoms with van der Waals surface area (Å²) in [6.45, 7) is 6.06. The minimum atomic E-state index is -2.36. The first-order valence-electron chi connectivity index (χ1n) is 8.10. The fourth-order valence-corrected chi connectivity index (χ4v) is 3.38. The van der Waals surface area contributed by atoms with Gasteiger partial charge < -0.3 is 9.57 Å². The number of thiophene rings is 1. The first-order chi connectivity index (χ1) is 13.3. The van der Waals surface area contributed by atoms with Crippen LogP contribution in [0, 0.1) is 36.0 Å². The Morgan fingerprint density at radius 2 is 1.52 bits per heavy atom. The van der Waals surface area contributed by atoms with Gasteiger partial charge >= 0.3 is 12.1 Å². The van der Waals surface area contributed by atoms with E-state index >= 15 is 0 Å². The highest BCUT2D eigenvalue weighted by Gasteiger charge is 2.38. The molecule has 2 rings (SSSR count). The van der Waals surface area contributed by atoms with Crippen molar-refractivity contribution >= 4 is 23.4 Å². The molecule has 1 aromatic heterocycles. The van der Waals surface area contributed by atoms with E-state index in [4.69, 9.17) is 4.74 Å². The minimum absolute atomic E-state index is 0.0239. The molecule has 1 heterocycles. The number of amides is 1. The van der Waals surface area contributed by atoms with Gasteiger partial charge in [0.15, 0.2) is 23.3 Å². The lowest BCUT2D eigenvalue weighted by Gasteiger charge is -2.21. The highest BCUT2D eigenvalue weighted by atomic mass is 32.1. The van der Waals surface area contributed by atoms with Crippen molar-refractivity contribution in [2.24, 2.45) is 0 Å². The first-order valence-corrected chi connectivity index (χ1v) is 8.98. The van der Waals surface area contributed by atoms with Gasteiger partial charge in [-0.05, 0) is 44.7 Å². The largest absolute Gasteiger partial charge is 0.442 e. The fourth-order valence-electron chi connectivity index (χ4n) is 2.36. The van der Waals surface area contributed by atoms with Crippen LogP contribution in [0.25, 0.3) is 0 Å². The maximum absolute atomic E-state index is 14.3. The van der Waals surface area contributed by atoms with Gasteiger partial charge in [0, 0.05) is 10.4 Å². The Labute approximate surface area is 166 Å². The summed E-state index contributed by atoms with van der Waals surface area (Å²) in [5, 5.41) is 1.46. The average molecular weight is 437 g/mol. The second-order valence-corrected chi connectivity index (χ2v) is 7.86. The molecule has 1 unspecified atom stereocenters. The third-order valence-corrected chi connectivity index (χ3v) is 4.65. The molecule has 0 bridgehead atoms. The van der Waals surface area contributed by atoms with E-state index in [0.717, 1.165) is 11.3 Å². The van der Waals surface area contributed by atoms with Gasteiger partial charge in [0.25, 0.3) is 0 Å². The molecule has 5 nitrogen and oxygen atoms in total. The Morgan fingerprint density at radius 3 is 1.97 bits per heavy atom. The number of rotatable bonds is 3.